The molecule has 0 aliphatic carbocycles. The molecule has 4 rings (SSSR count). The average molecular weight is 480 g/mol. The summed E-state index contributed by atoms with van der Waals surface area (Å²) < 4.78 is 0. The molecule has 2 aromatic carbocycles. The van der Waals surface area contributed by atoms with Crippen molar-refractivity contribution in [2.75, 3.05) is 10.6 Å². The first-order chi connectivity index (χ1) is 17.0. The molecule has 0 aliphatic rings. The van der Waals surface area contributed by atoms with Crippen molar-refractivity contribution in [1.29, 1.82) is 10.5 Å². The minimum atomic E-state index is -1.00. The van der Waals surface area contributed by atoms with E-state index in [9.17, 15) is 5.11 Å². The number of nitrogens with zero attached hydrogens (tertiary/aromatic N) is 5. The zero-order valence-electron chi connectivity index (χ0n) is 19.0. The number of thiazole rings is 1. The summed E-state index contributed by atoms with van der Waals surface area (Å²) in [5.74, 6) is 0.765. The fourth-order valence-corrected chi connectivity index (χ4v) is 4.19. The SMILES string of the molecule is Cc1cc(/C=C/C#N)cc(C)c1Nc1nc(Nc2ccc(C#N)cc2)ncc1C(O)c1nccs1. The number of nitrogens with one attached hydrogen (secondary N) is 2. The summed E-state index contributed by atoms with van der Waals surface area (Å²) in [6, 6.07) is 15.0. The van der Waals surface area contributed by atoms with Gasteiger partial charge >= 0.3 is 0 Å². The Morgan fingerprint density at radius 3 is 2.43 bits per heavy atom. The van der Waals surface area contributed by atoms with Crippen LogP contribution in [0.3, 0.4) is 0 Å². The number of hydrogen-bond donors (Lipinski definition) is 3. The molecule has 0 bridgehead atoms. The lowest BCUT2D eigenvalue weighted by molar-refractivity contribution is 0.219. The molecule has 1 atom stereocenters. The molecule has 0 spiro atoms. The van der Waals surface area contributed by atoms with E-state index in [0.717, 1.165) is 28.1 Å². The van der Waals surface area contributed by atoms with E-state index in [2.05, 4.69) is 31.7 Å². The zero-order chi connectivity index (χ0) is 24.8. The van der Waals surface area contributed by atoms with Gasteiger partial charge < -0.3 is 15.7 Å². The molecule has 0 amide bonds. The van der Waals surface area contributed by atoms with Crippen molar-refractivity contribution in [3.63, 3.8) is 0 Å². The Labute approximate surface area is 206 Å². The number of aliphatic hydroxyl groups excluding tert-OH is 1. The predicted molar refractivity (Wildman–Crippen MR) is 136 cm³/mol. The summed E-state index contributed by atoms with van der Waals surface area (Å²) in [7, 11) is 0. The molecular formula is C26H21N7OS. The number of aromatic nitrogens is 3. The van der Waals surface area contributed by atoms with Crippen LogP contribution in [0.2, 0.25) is 0 Å². The summed E-state index contributed by atoms with van der Waals surface area (Å²) in [5.41, 5.74) is 5.44. The van der Waals surface area contributed by atoms with Crippen molar-refractivity contribution in [2.24, 2.45) is 0 Å². The molecule has 0 fully saturated rings. The highest BCUT2D eigenvalue weighted by Gasteiger charge is 2.21. The summed E-state index contributed by atoms with van der Waals surface area (Å²) in [6.07, 6.45) is 5.41. The van der Waals surface area contributed by atoms with E-state index in [1.54, 1.807) is 48.1 Å². The van der Waals surface area contributed by atoms with Crippen molar-refractivity contribution < 1.29 is 5.11 Å². The van der Waals surface area contributed by atoms with Gasteiger partial charge in [-0.05, 0) is 73.0 Å². The number of allylic oxidation sites excluding steroid dienone is 1. The fraction of sp³-hybridized carbons (Fsp3) is 0.115. The van der Waals surface area contributed by atoms with Gasteiger partial charge in [0, 0.05) is 40.8 Å². The van der Waals surface area contributed by atoms with Crippen LogP contribution in [0.15, 0.2) is 60.2 Å². The Bertz CT molecular complexity index is 1430. The Balaban J connectivity index is 1.72. The maximum absolute atomic E-state index is 11.0. The molecule has 4 aromatic rings. The van der Waals surface area contributed by atoms with Gasteiger partial charge in [0.1, 0.15) is 16.9 Å². The summed E-state index contributed by atoms with van der Waals surface area (Å²) in [6.45, 7) is 3.93. The Kier molecular flexibility index (Phi) is 7.12. The van der Waals surface area contributed by atoms with E-state index >= 15 is 0 Å². The van der Waals surface area contributed by atoms with Gasteiger partial charge in [0.25, 0.3) is 0 Å². The van der Waals surface area contributed by atoms with E-state index in [-0.39, 0.29) is 0 Å². The Hall–Kier alpha value is -4.57. The second kappa shape index (κ2) is 10.6. The molecule has 172 valence electrons. The molecule has 2 heterocycles. The van der Waals surface area contributed by atoms with Crippen molar-refractivity contribution in [3.8, 4) is 12.1 Å². The number of benzene rings is 2. The number of aryl methyl sites for hydroxylation is 2. The molecule has 1 unspecified atom stereocenters. The third-order valence-corrected chi connectivity index (χ3v) is 6.04. The molecule has 9 heteroatoms. The lowest BCUT2D eigenvalue weighted by Crippen LogP contribution is -2.10. The topological polar surface area (TPSA) is 131 Å². The normalized spacial score (nSPS) is 11.6. The van der Waals surface area contributed by atoms with Crippen LogP contribution in [0.5, 0.6) is 0 Å². The summed E-state index contributed by atoms with van der Waals surface area (Å²) in [5, 5.41) is 37.7. The first kappa shape index (κ1) is 23.6. The van der Waals surface area contributed by atoms with Crippen LogP contribution in [-0.2, 0) is 0 Å². The molecule has 35 heavy (non-hydrogen) atoms. The van der Waals surface area contributed by atoms with Gasteiger partial charge in [-0.1, -0.05) is 0 Å². The van der Waals surface area contributed by atoms with Crippen LogP contribution in [0, 0.1) is 36.5 Å². The quantitative estimate of drug-likeness (QED) is 0.295. The van der Waals surface area contributed by atoms with Crippen molar-refractivity contribution in [1.82, 2.24) is 15.0 Å². The maximum atomic E-state index is 11.0. The van der Waals surface area contributed by atoms with Crippen LogP contribution in [0.1, 0.15) is 38.9 Å². The maximum Gasteiger partial charge on any atom is 0.229 e. The summed E-state index contributed by atoms with van der Waals surface area (Å²) >= 11 is 1.35. The first-order valence-corrected chi connectivity index (χ1v) is 11.5. The largest absolute Gasteiger partial charge is 0.381 e. The molecule has 0 aliphatic heterocycles. The average Bonchev–Trinajstić information content (AvgIpc) is 3.40. The fourth-order valence-electron chi connectivity index (χ4n) is 3.55. The monoisotopic (exact) mass is 479 g/mol. The highest BCUT2D eigenvalue weighted by atomic mass is 32.1. The molecule has 8 nitrogen and oxygen atoms in total. The van der Waals surface area contributed by atoms with Crippen LogP contribution in [0.4, 0.5) is 23.1 Å². The standard InChI is InChI=1S/C26H21N7OS/c1-16-12-19(4-3-9-27)13-17(2)22(16)32-24-21(23(34)25-29-10-11-35-25)15-30-26(33-24)31-20-7-5-18(14-28)6-8-20/h3-8,10-13,15,23,34H,1-2H3,(H2,30,31,32,33)/b4-3+. The van der Waals surface area contributed by atoms with Crippen LogP contribution < -0.4 is 10.6 Å². The molecule has 0 saturated carbocycles. The third kappa shape index (κ3) is 5.50. The van der Waals surface area contributed by atoms with E-state index < -0.39 is 6.10 Å². The number of nitriles is 2. The number of hydrogen-bond acceptors (Lipinski definition) is 9. The van der Waals surface area contributed by atoms with Crippen LogP contribution in [-0.4, -0.2) is 20.1 Å². The van der Waals surface area contributed by atoms with E-state index in [4.69, 9.17) is 10.5 Å². The molecular weight excluding hydrogens is 458 g/mol. The van der Waals surface area contributed by atoms with E-state index in [1.165, 1.54) is 17.4 Å². The van der Waals surface area contributed by atoms with Gasteiger partial charge in [0.15, 0.2) is 0 Å². The van der Waals surface area contributed by atoms with Gasteiger partial charge in [-0.3, -0.25) is 0 Å². The van der Waals surface area contributed by atoms with Gasteiger partial charge in [-0.2, -0.15) is 15.5 Å². The Morgan fingerprint density at radius 1 is 1.06 bits per heavy atom. The lowest BCUT2D eigenvalue weighted by Gasteiger charge is -2.18. The second-order valence-electron chi connectivity index (χ2n) is 7.70. The molecule has 0 saturated heterocycles. The van der Waals surface area contributed by atoms with Crippen molar-refractivity contribution in [2.45, 2.75) is 20.0 Å². The third-order valence-electron chi connectivity index (χ3n) is 5.22. The minimum absolute atomic E-state index is 0.330. The zero-order valence-corrected chi connectivity index (χ0v) is 19.8. The van der Waals surface area contributed by atoms with Crippen molar-refractivity contribution in [3.05, 3.63) is 93.1 Å². The van der Waals surface area contributed by atoms with Crippen LogP contribution >= 0.6 is 11.3 Å². The number of aliphatic hydroxyl groups is 1. The minimum Gasteiger partial charge on any atom is -0.381 e. The molecule has 0 radical (unpaired) electrons. The lowest BCUT2D eigenvalue weighted by atomic mass is 10.0. The molecule has 3 N–H and O–H groups in total. The highest BCUT2D eigenvalue weighted by molar-refractivity contribution is 7.09. The van der Waals surface area contributed by atoms with Crippen LogP contribution in [0.25, 0.3) is 6.08 Å². The van der Waals surface area contributed by atoms with Gasteiger partial charge in [0.05, 0.1) is 17.7 Å². The van der Waals surface area contributed by atoms with E-state index in [0.29, 0.717) is 27.9 Å². The predicted octanol–water partition coefficient (Wildman–Crippen LogP) is 5.53. The van der Waals surface area contributed by atoms with Gasteiger partial charge in [-0.15, -0.1) is 11.3 Å². The van der Waals surface area contributed by atoms with Gasteiger partial charge in [0.2, 0.25) is 5.95 Å². The molecule has 2 aromatic heterocycles. The van der Waals surface area contributed by atoms with E-state index in [1.807, 2.05) is 32.0 Å². The summed E-state index contributed by atoms with van der Waals surface area (Å²) in [4.78, 5) is 13.3. The highest BCUT2D eigenvalue weighted by Crippen LogP contribution is 2.33. The van der Waals surface area contributed by atoms with Crippen molar-refractivity contribution >= 4 is 40.6 Å². The first-order valence-electron chi connectivity index (χ1n) is 10.6. The second-order valence-corrected chi connectivity index (χ2v) is 8.63. The smallest absolute Gasteiger partial charge is 0.229 e. The number of rotatable bonds is 7. The number of anilines is 4. The Morgan fingerprint density at radius 2 is 1.80 bits per heavy atom. The van der Waals surface area contributed by atoms with Gasteiger partial charge in [-0.25, -0.2) is 9.97 Å².